The molecule has 0 saturated heterocycles. The van der Waals surface area contributed by atoms with Crippen molar-refractivity contribution in [3.05, 3.63) is 63.4 Å². The summed E-state index contributed by atoms with van der Waals surface area (Å²) >= 11 is 11.5. The van der Waals surface area contributed by atoms with Crippen LogP contribution in [0.3, 0.4) is 0 Å². The third-order valence-electron chi connectivity index (χ3n) is 3.29. The van der Waals surface area contributed by atoms with Crippen LogP contribution in [0.5, 0.6) is 0 Å². The number of halogens is 3. The fourth-order valence-electron chi connectivity index (χ4n) is 2.02. The van der Waals surface area contributed by atoms with Gasteiger partial charge in [0.2, 0.25) is 10.0 Å². The van der Waals surface area contributed by atoms with Gasteiger partial charge in [-0.25, -0.2) is 17.9 Å². The summed E-state index contributed by atoms with van der Waals surface area (Å²) in [4.78, 5) is 12.2. The van der Waals surface area contributed by atoms with Crippen molar-refractivity contribution >= 4 is 39.1 Å². The van der Waals surface area contributed by atoms with Crippen LogP contribution < -0.4 is 10.5 Å². The van der Waals surface area contributed by atoms with Gasteiger partial charge in [0.05, 0.1) is 26.5 Å². The standard InChI is InChI=1S/C15H13Cl2FN2O3S/c1-8(9-3-2-4-10(5-9)24(19,22)23)20-15(21)11-6-14(18)13(17)7-12(11)16/h2-8H,1H3,(H,20,21)(H2,19,22,23). The molecule has 24 heavy (non-hydrogen) atoms. The smallest absolute Gasteiger partial charge is 0.253 e. The molecular weight excluding hydrogens is 378 g/mol. The van der Waals surface area contributed by atoms with E-state index in [-0.39, 0.29) is 20.5 Å². The molecule has 1 unspecified atom stereocenters. The molecule has 0 aliphatic heterocycles. The lowest BCUT2D eigenvalue weighted by Gasteiger charge is -2.16. The van der Waals surface area contributed by atoms with Crippen molar-refractivity contribution in [1.29, 1.82) is 0 Å². The molecule has 0 fully saturated rings. The molecule has 1 amide bonds. The number of amides is 1. The topological polar surface area (TPSA) is 89.3 Å². The molecule has 0 aromatic heterocycles. The minimum absolute atomic E-state index is 0.00406. The number of carbonyl (C=O) groups is 1. The number of hydrogen-bond acceptors (Lipinski definition) is 3. The summed E-state index contributed by atoms with van der Waals surface area (Å²) in [7, 11) is -3.85. The van der Waals surface area contributed by atoms with Gasteiger partial charge in [0, 0.05) is 0 Å². The van der Waals surface area contributed by atoms with Crippen molar-refractivity contribution in [1.82, 2.24) is 5.32 Å². The minimum Gasteiger partial charge on any atom is -0.345 e. The summed E-state index contributed by atoms with van der Waals surface area (Å²) in [6.45, 7) is 1.64. The average molecular weight is 391 g/mol. The highest BCUT2D eigenvalue weighted by Crippen LogP contribution is 2.25. The largest absolute Gasteiger partial charge is 0.345 e. The summed E-state index contributed by atoms with van der Waals surface area (Å²) in [6.07, 6.45) is 0. The van der Waals surface area contributed by atoms with E-state index < -0.39 is 27.8 Å². The van der Waals surface area contributed by atoms with Crippen LogP contribution in [0.15, 0.2) is 41.3 Å². The van der Waals surface area contributed by atoms with Gasteiger partial charge in [-0.1, -0.05) is 35.3 Å². The molecule has 128 valence electrons. The van der Waals surface area contributed by atoms with Gasteiger partial charge in [-0.05, 0) is 36.8 Å². The van der Waals surface area contributed by atoms with Gasteiger partial charge in [-0.2, -0.15) is 0 Å². The molecule has 9 heteroatoms. The van der Waals surface area contributed by atoms with Crippen molar-refractivity contribution in [2.45, 2.75) is 17.9 Å². The first-order valence-electron chi connectivity index (χ1n) is 6.67. The monoisotopic (exact) mass is 390 g/mol. The quantitative estimate of drug-likeness (QED) is 0.784. The number of hydrogen-bond donors (Lipinski definition) is 2. The van der Waals surface area contributed by atoms with Gasteiger partial charge in [0.1, 0.15) is 5.82 Å². The van der Waals surface area contributed by atoms with E-state index in [9.17, 15) is 17.6 Å². The van der Waals surface area contributed by atoms with E-state index in [1.807, 2.05) is 0 Å². The van der Waals surface area contributed by atoms with E-state index in [1.54, 1.807) is 13.0 Å². The molecule has 0 saturated carbocycles. The highest BCUT2D eigenvalue weighted by Gasteiger charge is 2.18. The molecule has 2 aromatic carbocycles. The van der Waals surface area contributed by atoms with Crippen LogP contribution in [0.25, 0.3) is 0 Å². The third kappa shape index (κ3) is 4.24. The summed E-state index contributed by atoms with van der Waals surface area (Å²) < 4.78 is 36.3. The molecular formula is C15H13Cl2FN2O3S. The second-order valence-corrected chi connectivity index (χ2v) is 7.43. The lowest BCUT2D eigenvalue weighted by Crippen LogP contribution is -2.27. The van der Waals surface area contributed by atoms with E-state index >= 15 is 0 Å². The fourth-order valence-corrected chi connectivity index (χ4v) is 3.05. The van der Waals surface area contributed by atoms with Crippen LogP contribution in [-0.4, -0.2) is 14.3 Å². The third-order valence-corrected chi connectivity index (χ3v) is 4.80. The second-order valence-electron chi connectivity index (χ2n) is 5.06. The Morgan fingerprint density at radius 3 is 2.50 bits per heavy atom. The van der Waals surface area contributed by atoms with Gasteiger partial charge < -0.3 is 5.32 Å². The predicted molar refractivity (Wildman–Crippen MR) is 90.1 cm³/mol. The molecule has 2 aromatic rings. The maximum absolute atomic E-state index is 13.5. The molecule has 5 nitrogen and oxygen atoms in total. The zero-order valence-electron chi connectivity index (χ0n) is 12.4. The predicted octanol–water partition coefficient (Wildman–Crippen LogP) is 3.27. The zero-order chi connectivity index (χ0) is 18.1. The van der Waals surface area contributed by atoms with Crippen LogP contribution in [0.1, 0.15) is 28.9 Å². The van der Waals surface area contributed by atoms with E-state index in [4.69, 9.17) is 28.3 Å². The Bertz CT molecular complexity index is 904. The van der Waals surface area contributed by atoms with E-state index in [2.05, 4.69) is 5.32 Å². The number of primary sulfonamides is 1. The Labute approximate surface area is 148 Å². The number of nitrogens with two attached hydrogens (primary N) is 1. The van der Waals surface area contributed by atoms with Crippen LogP contribution in [-0.2, 0) is 10.0 Å². The van der Waals surface area contributed by atoms with Crippen molar-refractivity contribution in [3.63, 3.8) is 0 Å². The Kier molecular flexibility index (Phi) is 5.49. The first kappa shape index (κ1) is 18.7. The molecule has 0 spiro atoms. The summed E-state index contributed by atoms with van der Waals surface area (Å²) in [5, 5.41) is 7.51. The lowest BCUT2D eigenvalue weighted by molar-refractivity contribution is 0.0939. The normalized spacial score (nSPS) is 12.7. The van der Waals surface area contributed by atoms with Crippen LogP contribution in [0.4, 0.5) is 4.39 Å². The van der Waals surface area contributed by atoms with Crippen molar-refractivity contribution in [3.8, 4) is 0 Å². The summed E-state index contributed by atoms with van der Waals surface area (Å²) in [6, 6.07) is 7.35. The van der Waals surface area contributed by atoms with E-state index in [0.29, 0.717) is 5.56 Å². The highest BCUT2D eigenvalue weighted by molar-refractivity contribution is 7.89. The van der Waals surface area contributed by atoms with Crippen molar-refractivity contribution in [2.75, 3.05) is 0 Å². The maximum atomic E-state index is 13.5. The average Bonchev–Trinajstić information content (AvgIpc) is 2.50. The molecule has 3 N–H and O–H groups in total. The Morgan fingerprint density at radius 2 is 1.88 bits per heavy atom. The molecule has 0 bridgehead atoms. The van der Waals surface area contributed by atoms with Gasteiger partial charge >= 0.3 is 0 Å². The molecule has 1 atom stereocenters. The summed E-state index contributed by atoms with van der Waals surface area (Å²) in [5.41, 5.74) is 0.438. The Hall–Kier alpha value is -1.67. The van der Waals surface area contributed by atoms with Gasteiger partial charge in [0.25, 0.3) is 5.91 Å². The molecule has 0 aliphatic rings. The number of benzene rings is 2. The van der Waals surface area contributed by atoms with Crippen LogP contribution in [0, 0.1) is 5.82 Å². The number of carbonyl (C=O) groups excluding carboxylic acids is 1. The second kappa shape index (κ2) is 7.06. The van der Waals surface area contributed by atoms with Gasteiger partial charge in [-0.15, -0.1) is 0 Å². The minimum atomic E-state index is -3.85. The van der Waals surface area contributed by atoms with Gasteiger partial charge in [-0.3, -0.25) is 4.79 Å². The zero-order valence-corrected chi connectivity index (χ0v) is 14.7. The maximum Gasteiger partial charge on any atom is 0.253 e. The number of rotatable bonds is 4. The summed E-state index contributed by atoms with van der Waals surface area (Å²) in [5.74, 6) is -1.39. The van der Waals surface area contributed by atoms with Crippen LogP contribution in [0.2, 0.25) is 10.0 Å². The molecule has 0 radical (unpaired) electrons. The number of nitrogens with one attached hydrogen (secondary N) is 1. The van der Waals surface area contributed by atoms with Crippen molar-refractivity contribution < 1.29 is 17.6 Å². The first-order valence-corrected chi connectivity index (χ1v) is 8.98. The van der Waals surface area contributed by atoms with Crippen molar-refractivity contribution in [2.24, 2.45) is 5.14 Å². The van der Waals surface area contributed by atoms with E-state index in [0.717, 1.165) is 12.1 Å². The van der Waals surface area contributed by atoms with E-state index in [1.165, 1.54) is 18.2 Å². The Balaban J connectivity index is 2.25. The first-order chi connectivity index (χ1) is 11.1. The number of sulfonamides is 1. The SMILES string of the molecule is CC(NC(=O)c1cc(F)c(Cl)cc1Cl)c1cccc(S(N)(=O)=O)c1. The lowest BCUT2D eigenvalue weighted by atomic mass is 10.1. The molecule has 0 heterocycles. The van der Waals surface area contributed by atoms with Crippen LogP contribution >= 0.6 is 23.2 Å². The Morgan fingerprint density at radius 1 is 1.21 bits per heavy atom. The highest BCUT2D eigenvalue weighted by atomic mass is 35.5. The molecule has 0 aliphatic carbocycles. The molecule has 2 rings (SSSR count). The van der Waals surface area contributed by atoms with Gasteiger partial charge in [0.15, 0.2) is 0 Å². The fraction of sp³-hybridized carbons (Fsp3) is 0.133.